The fourth-order valence-electron chi connectivity index (χ4n) is 4.91. The molecule has 3 amide bonds. The first-order valence-corrected chi connectivity index (χ1v) is 9.83. The summed E-state index contributed by atoms with van der Waals surface area (Å²) < 4.78 is 5.04. The molecule has 8 heteroatoms. The van der Waals surface area contributed by atoms with E-state index in [4.69, 9.17) is 16.3 Å². The largest absolute Gasteiger partial charge is 0.454 e. The van der Waals surface area contributed by atoms with E-state index < -0.39 is 24.5 Å². The van der Waals surface area contributed by atoms with Gasteiger partial charge in [0.2, 0.25) is 11.8 Å². The molecule has 2 aliphatic carbocycles. The lowest BCUT2D eigenvalue weighted by Gasteiger charge is -2.23. The lowest BCUT2D eigenvalue weighted by molar-refractivity contribution is -0.159. The first-order chi connectivity index (χ1) is 13.4. The van der Waals surface area contributed by atoms with Crippen LogP contribution in [0.4, 0.5) is 5.69 Å². The standard InChI is InChI=1S/C20H21ClN2O5/c1-10(20(27)28-9-15(24)22-14-6-4-13(21)5-7-14)23-18(25)16-11-2-3-12(8-11)17(16)19(23)26/h4-7,10-12,16-17H,2-3,8-9H2,1H3,(H,22,24)/t10-,11+,12+,16-,17+/m0/s1. The predicted octanol–water partition coefficient (Wildman–Crippen LogP) is 2.24. The minimum atomic E-state index is -1.03. The number of likely N-dealkylation sites (tertiary alicyclic amines) is 1. The molecule has 3 aliphatic rings. The van der Waals surface area contributed by atoms with E-state index in [0.29, 0.717) is 10.7 Å². The summed E-state index contributed by atoms with van der Waals surface area (Å²) in [6.07, 6.45) is 2.88. The number of benzene rings is 1. The van der Waals surface area contributed by atoms with Crippen molar-refractivity contribution in [3.05, 3.63) is 29.3 Å². The number of carbonyl (C=O) groups excluding carboxylic acids is 4. The number of rotatable bonds is 5. The number of amides is 3. The second-order valence-electron chi connectivity index (χ2n) is 7.77. The summed E-state index contributed by atoms with van der Waals surface area (Å²) in [5.41, 5.74) is 0.520. The Morgan fingerprint density at radius 2 is 1.71 bits per heavy atom. The molecule has 1 aromatic carbocycles. The molecule has 0 unspecified atom stereocenters. The van der Waals surface area contributed by atoms with E-state index in [1.54, 1.807) is 24.3 Å². The molecule has 1 aromatic rings. The van der Waals surface area contributed by atoms with Gasteiger partial charge in [-0.05, 0) is 62.3 Å². The number of imide groups is 1. The van der Waals surface area contributed by atoms with Gasteiger partial charge < -0.3 is 10.1 Å². The zero-order valence-electron chi connectivity index (χ0n) is 15.4. The molecule has 1 saturated heterocycles. The predicted molar refractivity (Wildman–Crippen MR) is 100 cm³/mol. The highest BCUT2D eigenvalue weighted by Crippen LogP contribution is 2.56. The Hall–Kier alpha value is -2.41. The number of fused-ring (bicyclic) bond motifs is 5. The molecule has 4 rings (SSSR count). The molecule has 0 aromatic heterocycles. The summed E-state index contributed by atoms with van der Waals surface area (Å²) in [6.45, 7) is 0.971. The first kappa shape index (κ1) is 18.9. The summed E-state index contributed by atoms with van der Waals surface area (Å²) in [4.78, 5) is 50.9. The number of nitrogens with one attached hydrogen (secondary N) is 1. The van der Waals surface area contributed by atoms with Crippen molar-refractivity contribution in [3.8, 4) is 0 Å². The molecule has 2 bridgehead atoms. The van der Waals surface area contributed by atoms with E-state index >= 15 is 0 Å². The van der Waals surface area contributed by atoms with Crippen LogP contribution in [0.3, 0.4) is 0 Å². The number of hydrogen-bond acceptors (Lipinski definition) is 5. The maximum atomic E-state index is 12.7. The minimum absolute atomic E-state index is 0.254. The third-order valence-electron chi connectivity index (χ3n) is 6.16. The molecule has 3 fully saturated rings. The van der Waals surface area contributed by atoms with Crippen LogP contribution in [0.5, 0.6) is 0 Å². The summed E-state index contributed by atoms with van der Waals surface area (Å²) in [6, 6.07) is 5.46. The van der Waals surface area contributed by atoms with Crippen LogP contribution in [0, 0.1) is 23.7 Å². The van der Waals surface area contributed by atoms with Crippen LogP contribution in [0.2, 0.25) is 5.02 Å². The molecule has 1 N–H and O–H groups in total. The van der Waals surface area contributed by atoms with Crippen molar-refractivity contribution < 1.29 is 23.9 Å². The molecule has 2 saturated carbocycles. The van der Waals surface area contributed by atoms with Crippen LogP contribution < -0.4 is 5.32 Å². The zero-order valence-corrected chi connectivity index (χ0v) is 16.1. The topological polar surface area (TPSA) is 92.8 Å². The molecule has 0 spiro atoms. The van der Waals surface area contributed by atoms with Gasteiger partial charge in [0.05, 0.1) is 11.8 Å². The average molecular weight is 405 g/mol. The van der Waals surface area contributed by atoms with E-state index in [9.17, 15) is 19.2 Å². The minimum Gasteiger partial charge on any atom is -0.454 e. The summed E-state index contributed by atoms with van der Waals surface area (Å²) >= 11 is 5.79. The Labute approximate surface area is 167 Å². The third kappa shape index (κ3) is 3.17. The number of carbonyl (C=O) groups is 4. The second kappa shape index (κ2) is 7.20. The zero-order chi connectivity index (χ0) is 20.0. The number of nitrogens with zero attached hydrogens (tertiary/aromatic N) is 1. The van der Waals surface area contributed by atoms with Crippen LogP contribution in [0.15, 0.2) is 24.3 Å². The maximum Gasteiger partial charge on any atom is 0.329 e. The van der Waals surface area contributed by atoms with Crippen molar-refractivity contribution in [2.75, 3.05) is 11.9 Å². The van der Waals surface area contributed by atoms with E-state index in [1.165, 1.54) is 6.92 Å². The summed E-state index contributed by atoms with van der Waals surface area (Å²) in [5.74, 6) is -1.87. The van der Waals surface area contributed by atoms with Gasteiger partial charge in [0.15, 0.2) is 6.61 Å². The molecule has 1 aliphatic heterocycles. The van der Waals surface area contributed by atoms with E-state index in [0.717, 1.165) is 24.2 Å². The van der Waals surface area contributed by atoms with Gasteiger partial charge in [-0.3, -0.25) is 19.3 Å². The smallest absolute Gasteiger partial charge is 0.329 e. The summed E-state index contributed by atoms with van der Waals surface area (Å²) in [5, 5.41) is 3.12. The Bertz CT molecular complexity index is 812. The molecule has 5 atom stereocenters. The van der Waals surface area contributed by atoms with Gasteiger partial charge in [-0.25, -0.2) is 4.79 Å². The fraction of sp³-hybridized carbons (Fsp3) is 0.500. The van der Waals surface area contributed by atoms with Crippen molar-refractivity contribution in [1.29, 1.82) is 0 Å². The Morgan fingerprint density at radius 3 is 2.29 bits per heavy atom. The van der Waals surface area contributed by atoms with Gasteiger partial charge in [-0.1, -0.05) is 11.6 Å². The molecule has 7 nitrogen and oxygen atoms in total. The van der Waals surface area contributed by atoms with Crippen molar-refractivity contribution in [2.24, 2.45) is 23.7 Å². The van der Waals surface area contributed by atoms with Gasteiger partial charge in [-0.2, -0.15) is 0 Å². The lowest BCUT2D eigenvalue weighted by atomic mass is 9.81. The highest BCUT2D eigenvalue weighted by Gasteiger charge is 2.62. The van der Waals surface area contributed by atoms with Gasteiger partial charge in [0.1, 0.15) is 6.04 Å². The first-order valence-electron chi connectivity index (χ1n) is 9.45. The highest BCUT2D eigenvalue weighted by molar-refractivity contribution is 6.30. The van der Waals surface area contributed by atoms with Crippen LogP contribution in [0.25, 0.3) is 0 Å². The van der Waals surface area contributed by atoms with Gasteiger partial charge in [0.25, 0.3) is 5.91 Å². The molecule has 28 heavy (non-hydrogen) atoms. The van der Waals surface area contributed by atoms with E-state index in [1.807, 2.05) is 0 Å². The Balaban J connectivity index is 1.33. The fourth-order valence-corrected chi connectivity index (χ4v) is 5.03. The maximum absolute atomic E-state index is 12.7. The average Bonchev–Trinajstić information content (AvgIpc) is 3.35. The number of anilines is 1. The summed E-state index contributed by atoms with van der Waals surface area (Å²) in [7, 11) is 0. The van der Waals surface area contributed by atoms with Crippen LogP contribution in [0.1, 0.15) is 26.2 Å². The molecular weight excluding hydrogens is 384 g/mol. The Morgan fingerprint density at radius 1 is 1.14 bits per heavy atom. The van der Waals surface area contributed by atoms with Crippen molar-refractivity contribution in [3.63, 3.8) is 0 Å². The second-order valence-corrected chi connectivity index (χ2v) is 8.21. The quantitative estimate of drug-likeness (QED) is 0.600. The molecule has 148 valence electrons. The van der Waals surface area contributed by atoms with E-state index in [2.05, 4.69) is 5.32 Å². The Kier molecular flexibility index (Phi) is 4.87. The van der Waals surface area contributed by atoms with Gasteiger partial charge >= 0.3 is 5.97 Å². The molecule has 1 heterocycles. The van der Waals surface area contributed by atoms with Crippen molar-refractivity contribution >= 4 is 41.0 Å². The van der Waals surface area contributed by atoms with Crippen molar-refractivity contribution in [1.82, 2.24) is 4.90 Å². The SMILES string of the molecule is C[C@@H](C(=O)OCC(=O)Nc1ccc(Cl)cc1)N1C(=O)[C@@H]2[C@@H]3CC[C@H](C3)[C@@H]2C1=O. The van der Waals surface area contributed by atoms with Crippen LogP contribution in [-0.4, -0.2) is 41.2 Å². The highest BCUT2D eigenvalue weighted by atomic mass is 35.5. The normalized spacial score (nSPS) is 29.0. The van der Waals surface area contributed by atoms with Gasteiger partial charge in [-0.15, -0.1) is 0 Å². The number of ether oxygens (including phenoxy) is 1. The number of esters is 1. The van der Waals surface area contributed by atoms with Crippen LogP contribution in [-0.2, 0) is 23.9 Å². The molecular formula is C20H21ClN2O5. The third-order valence-corrected chi connectivity index (χ3v) is 6.42. The monoisotopic (exact) mass is 404 g/mol. The van der Waals surface area contributed by atoms with Crippen molar-refractivity contribution in [2.45, 2.75) is 32.2 Å². The van der Waals surface area contributed by atoms with E-state index in [-0.39, 0.29) is 35.5 Å². The van der Waals surface area contributed by atoms with Crippen LogP contribution >= 0.6 is 11.6 Å². The number of halogens is 1. The lowest BCUT2D eigenvalue weighted by Crippen LogP contribution is -2.45. The number of hydrogen-bond donors (Lipinski definition) is 1. The molecule has 0 radical (unpaired) electrons. The van der Waals surface area contributed by atoms with Gasteiger partial charge in [0, 0.05) is 10.7 Å².